The molecule has 2 N–H and O–H groups in total. The van der Waals surface area contributed by atoms with E-state index in [4.69, 9.17) is 32.7 Å². The molecule has 2 aliphatic heterocycles. The van der Waals surface area contributed by atoms with Crippen LogP contribution in [-0.4, -0.2) is 40.8 Å². The summed E-state index contributed by atoms with van der Waals surface area (Å²) in [4.78, 5) is 26.5. The molecule has 2 aromatic rings. The molecule has 0 radical (unpaired) electrons. The van der Waals surface area contributed by atoms with Crippen LogP contribution in [0.15, 0.2) is 36.4 Å². The SMILES string of the molecule is CC1(Cc2ccc3c(c2)OCO3)NC(=O)N(CC(O)c2cc(Cl)ccc2Cl)C1=O. The van der Waals surface area contributed by atoms with Crippen LogP contribution in [0.1, 0.15) is 24.2 Å². The molecule has 9 heteroatoms. The van der Waals surface area contributed by atoms with Gasteiger partial charge in [0.2, 0.25) is 6.79 Å². The van der Waals surface area contributed by atoms with Crippen LogP contribution in [0, 0.1) is 0 Å². The molecule has 0 aliphatic carbocycles. The molecule has 4 rings (SSSR count). The lowest BCUT2D eigenvalue weighted by Gasteiger charge is -2.23. The fraction of sp³-hybridized carbons (Fsp3) is 0.300. The summed E-state index contributed by atoms with van der Waals surface area (Å²) in [6, 6.07) is 9.46. The molecule has 1 saturated heterocycles. The van der Waals surface area contributed by atoms with Crippen molar-refractivity contribution in [2.75, 3.05) is 13.3 Å². The van der Waals surface area contributed by atoms with Crippen molar-refractivity contribution in [1.29, 1.82) is 0 Å². The normalized spacial score (nSPS) is 21.4. The van der Waals surface area contributed by atoms with Gasteiger partial charge in [0, 0.05) is 22.0 Å². The van der Waals surface area contributed by atoms with Crippen molar-refractivity contribution in [2.45, 2.75) is 25.0 Å². The van der Waals surface area contributed by atoms with E-state index in [1.807, 2.05) is 6.07 Å². The van der Waals surface area contributed by atoms with E-state index in [2.05, 4.69) is 5.32 Å². The number of β-amino-alcohol motifs (C(OH)–C–C–N with tert-alkyl or cyclic N) is 1. The van der Waals surface area contributed by atoms with Crippen LogP contribution in [-0.2, 0) is 11.2 Å². The first kappa shape index (κ1) is 19.8. The Hall–Kier alpha value is -2.48. The topological polar surface area (TPSA) is 88.1 Å². The summed E-state index contributed by atoms with van der Waals surface area (Å²) < 4.78 is 10.7. The maximum absolute atomic E-state index is 13.0. The molecule has 29 heavy (non-hydrogen) atoms. The Morgan fingerprint density at radius 1 is 1.17 bits per heavy atom. The predicted octanol–water partition coefficient (Wildman–Crippen LogP) is 3.31. The second-order valence-electron chi connectivity index (χ2n) is 7.22. The molecule has 3 amide bonds. The number of carbonyl (C=O) groups is 2. The van der Waals surface area contributed by atoms with Crippen molar-refractivity contribution in [3.8, 4) is 11.5 Å². The minimum absolute atomic E-state index is 0.156. The van der Waals surface area contributed by atoms with Crippen LogP contribution >= 0.6 is 23.2 Å². The van der Waals surface area contributed by atoms with Crippen LogP contribution in [0.5, 0.6) is 11.5 Å². The van der Waals surface area contributed by atoms with Gasteiger partial charge in [0.05, 0.1) is 12.6 Å². The summed E-state index contributed by atoms with van der Waals surface area (Å²) in [5.74, 6) is 0.812. The molecule has 2 atom stereocenters. The third-order valence-electron chi connectivity index (χ3n) is 5.01. The van der Waals surface area contributed by atoms with E-state index in [-0.39, 0.29) is 19.8 Å². The van der Waals surface area contributed by atoms with Gasteiger partial charge in [-0.15, -0.1) is 0 Å². The Morgan fingerprint density at radius 3 is 2.72 bits per heavy atom. The van der Waals surface area contributed by atoms with Crippen LogP contribution in [0.25, 0.3) is 0 Å². The number of hydrogen-bond acceptors (Lipinski definition) is 5. The van der Waals surface area contributed by atoms with E-state index in [1.165, 1.54) is 6.07 Å². The van der Waals surface area contributed by atoms with E-state index < -0.39 is 23.6 Å². The van der Waals surface area contributed by atoms with E-state index in [9.17, 15) is 14.7 Å². The average molecular weight is 437 g/mol. The molecule has 2 aromatic carbocycles. The van der Waals surface area contributed by atoms with Gasteiger partial charge in [0.15, 0.2) is 11.5 Å². The number of nitrogens with zero attached hydrogens (tertiary/aromatic N) is 1. The number of imide groups is 1. The lowest BCUT2D eigenvalue weighted by Crippen LogP contribution is -2.46. The Morgan fingerprint density at radius 2 is 1.93 bits per heavy atom. The Kier molecular flexibility index (Phi) is 5.06. The van der Waals surface area contributed by atoms with Crippen molar-refractivity contribution in [3.05, 3.63) is 57.6 Å². The molecule has 2 heterocycles. The molecular formula is C20H18Cl2N2O5. The summed E-state index contributed by atoms with van der Waals surface area (Å²) in [6.07, 6.45) is -0.901. The number of urea groups is 1. The number of benzene rings is 2. The minimum atomic E-state index is -1.16. The maximum atomic E-state index is 13.0. The lowest BCUT2D eigenvalue weighted by molar-refractivity contribution is -0.131. The Bertz CT molecular complexity index is 999. The number of aliphatic hydroxyl groups is 1. The van der Waals surface area contributed by atoms with Crippen LogP contribution < -0.4 is 14.8 Å². The van der Waals surface area contributed by atoms with Gasteiger partial charge in [-0.1, -0.05) is 29.3 Å². The molecule has 2 unspecified atom stereocenters. The molecular weight excluding hydrogens is 419 g/mol. The van der Waals surface area contributed by atoms with Gasteiger partial charge in [-0.05, 0) is 42.8 Å². The first-order valence-electron chi connectivity index (χ1n) is 8.92. The van der Waals surface area contributed by atoms with Crippen LogP contribution in [0.2, 0.25) is 10.0 Å². The van der Waals surface area contributed by atoms with E-state index >= 15 is 0 Å². The number of rotatable bonds is 5. The molecule has 0 spiro atoms. The van der Waals surface area contributed by atoms with Crippen molar-refractivity contribution in [2.24, 2.45) is 0 Å². The molecule has 152 valence electrons. The summed E-state index contributed by atoms with van der Waals surface area (Å²) in [5, 5.41) is 14.0. The zero-order chi connectivity index (χ0) is 20.8. The molecule has 0 aromatic heterocycles. The number of fused-ring (bicyclic) bond motifs is 1. The number of aliphatic hydroxyl groups excluding tert-OH is 1. The fourth-order valence-electron chi connectivity index (χ4n) is 3.53. The highest BCUT2D eigenvalue weighted by molar-refractivity contribution is 6.33. The molecule has 2 aliphatic rings. The maximum Gasteiger partial charge on any atom is 0.325 e. The van der Waals surface area contributed by atoms with Gasteiger partial charge in [-0.25, -0.2) is 4.79 Å². The van der Waals surface area contributed by atoms with Crippen molar-refractivity contribution in [1.82, 2.24) is 10.2 Å². The molecule has 7 nitrogen and oxygen atoms in total. The number of ether oxygens (including phenoxy) is 2. The first-order chi connectivity index (χ1) is 13.8. The van der Waals surface area contributed by atoms with Gasteiger partial charge in [-0.2, -0.15) is 0 Å². The number of amides is 3. The number of hydrogen-bond donors (Lipinski definition) is 2. The van der Waals surface area contributed by atoms with Crippen molar-refractivity contribution < 1.29 is 24.2 Å². The minimum Gasteiger partial charge on any atom is -0.454 e. The Balaban J connectivity index is 1.51. The van der Waals surface area contributed by atoms with E-state index in [1.54, 1.807) is 31.2 Å². The zero-order valence-electron chi connectivity index (χ0n) is 15.4. The van der Waals surface area contributed by atoms with E-state index in [0.717, 1.165) is 10.5 Å². The third kappa shape index (κ3) is 3.73. The molecule has 1 fully saturated rings. The quantitative estimate of drug-likeness (QED) is 0.701. The van der Waals surface area contributed by atoms with Crippen molar-refractivity contribution >= 4 is 35.1 Å². The first-order valence-corrected chi connectivity index (χ1v) is 9.68. The number of nitrogens with one attached hydrogen (secondary N) is 1. The summed E-state index contributed by atoms with van der Waals surface area (Å²) in [5.41, 5.74) is 0.0117. The predicted molar refractivity (Wildman–Crippen MR) is 106 cm³/mol. The standard InChI is InChI=1S/C20H18Cl2N2O5/c1-20(8-11-2-5-16-17(6-11)29-10-28-16)18(26)24(19(27)23-20)9-15(25)13-7-12(21)3-4-14(13)22/h2-7,15,25H,8-10H2,1H3,(H,23,27). The highest BCUT2D eigenvalue weighted by Gasteiger charge is 2.48. The van der Waals surface area contributed by atoms with Gasteiger partial charge in [-0.3, -0.25) is 9.69 Å². The van der Waals surface area contributed by atoms with E-state index in [0.29, 0.717) is 27.1 Å². The summed E-state index contributed by atoms with van der Waals surface area (Å²) in [6.45, 7) is 1.57. The zero-order valence-corrected chi connectivity index (χ0v) is 17.0. The molecule has 0 bridgehead atoms. The third-order valence-corrected chi connectivity index (χ3v) is 5.59. The average Bonchev–Trinajstić information content (AvgIpc) is 3.21. The summed E-state index contributed by atoms with van der Waals surface area (Å²) in [7, 11) is 0. The van der Waals surface area contributed by atoms with Gasteiger partial charge < -0.3 is 19.9 Å². The molecule has 0 saturated carbocycles. The van der Waals surface area contributed by atoms with Crippen LogP contribution in [0.4, 0.5) is 4.79 Å². The van der Waals surface area contributed by atoms with Gasteiger partial charge in [0.1, 0.15) is 5.54 Å². The largest absolute Gasteiger partial charge is 0.454 e. The smallest absolute Gasteiger partial charge is 0.325 e. The second-order valence-corrected chi connectivity index (χ2v) is 8.07. The highest BCUT2D eigenvalue weighted by Crippen LogP contribution is 2.34. The summed E-state index contributed by atoms with van der Waals surface area (Å²) >= 11 is 12.1. The van der Waals surface area contributed by atoms with Crippen molar-refractivity contribution in [3.63, 3.8) is 0 Å². The Labute approximate surface area is 177 Å². The fourth-order valence-corrected chi connectivity index (χ4v) is 3.96. The van der Waals surface area contributed by atoms with Crippen LogP contribution in [0.3, 0.4) is 0 Å². The second kappa shape index (κ2) is 7.40. The monoisotopic (exact) mass is 436 g/mol. The van der Waals surface area contributed by atoms with Gasteiger partial charge >= 0.3 is 6.03 Å². The number of halogens is 2. The lowest BCUT2D eigenvalue weighted by atomic mass is 9.92. The van der Waals surface area contributed by atoms with Gasteiger partial charge in [0.25, 0.3) is 5.91 Å². The highest BCUT2D eigenvalue weighted by atomic mass is 35.5. The number of carbonyl (C=O) groups excluding carboxylic acids is 2.